The summed E-state index contributed by atoms with van der Waals surface area (Å²) in [6.07, 6.45) is 1.81. The molecule has 0 bridgehead atoms. The molecule has 5 nitrogen and oxygen atoms in total. The second-order valence-electron chi connectivity index (χ2n) is 6.88. The lowest BCUT2D eigenvalue weighted by atomic mass is 10.1. The van der Waals surface area contributed by atoms with E-state index in [0.29, 0.717) is 12.3 Å². The Labute approximate surface area is 170 Å². The highest BCUT2D eigenvalue weighted by atomic mass is 32.2. The number of ketones is 1. The van der Waals surface area contributed by atoms with Crippen molar-refractivity contribution in [1.29, 1.82) is 0 Å². The maximum atomic E-state index is 12.9. The van der Waals surface area contributed by atoms with Crippen molar-refractivity contribution in [2.24, 2.45) is 0 Å². The van der Waals surface area contributed by atoms with Gasteiger partial charge in [0.1, 0.15) is 5.82 Å². The lowest BCUT2D eigenvalue weighted by Gasteiger charge is -2.19. The molecule has 1 aromatic carbocycles. The van der Waals surface area contributed by atoms with Crippen LogP contribution in [0.5, 0.6) is 0 Å². The van der Waals surface area contributed by atoms with E-state index < -0.39 is 0 Å². The fraction of sp³-hybridized carbons (Fsp3) is 0.318. The highest BCUT2D eigenvalue weighted by Gasteiger charge is 2.20. The van der Waals surface area contributed by atoms with Crippen LogP contribution in [-0.2, 0) is 6.54 Å². The van der Waals surface area contributed by atoms with Crippen molar-refractivity contribution in [1.82, 2.24) is 19.3 Å². The molecule has 2 heterocycles. The number of carbonyl (C=O) groups is 1. The number of rotatable bonds is 8. The molecular formula is C22H26N4OS. The maximum absolute atomic E-state index is 12.9. The Morgan fingerprint density at radius 1 is 1.21 bits per heavy atom. The molecule has 3 rings (SSSR count). The maximum Gasteiger partial charge on any atom is 0.191 e. The standard InChI is InChI=1S/C22H26N4OS/c1-6-12-25-18(5)23-24-22(25)28-14-21(27)20-13-15(2)26(17(20)4)16(3)19-10-8-7-9-11-19/h6-11,13,16H,1,12,14H2,2-5H3. The van der Waals surface area contributed by atoms with Crippen molar-refractivity contribution in [2.45, 2.75) is 45.4 Å². The summed E-state index contributed by atoms with van der Waals surface area (Å²) in [5, 5.41) is 9.04. The predicted octanol–water partition coefficient (Wildman–Crippen LogP) is 4.78. The van der Waals surface area contributed by atoms with Gasteiger partial charge < -0.3 is 9.13 Å². The summed E-state index contributed by atoms with van der Waals surface area (Å²) in [4.78, 5) is 12.9. The molecule has 0 aliphatic carbocycles. The molecule has 28 heavy (non-hydrogen) atoms. The van der Waals surface area contributed by atoms with Crippen molar-refractivity contribution in [3.05, 3.63) is 77.4 Å². The van der Waals surface area contributed by atoms with E-state index >= 15 is 0 Å². The van der Waals surface area contributed by atoms with E-state index in [0.717, 1.165) is 27.9 Å². The molecule has 146 valence electrons. The smallest absolute Gasteiger partial charge is 0.191 e. The van der Waals surface area contributed by atoms with Gasteiger partial charge in [-0.1, -0.05) is 48.2 Å². The molecule has 0 saturated carbocycles. The van der Waals surface area contributed by atoms with E-state index in [-0.39, 0.29) is 11.8 Å². The molecule has 6 heteroatoms. The van der Waals surface area contributed by atoms with E-state index in [9.17, 15) is 4.79 Å². The van der Waals surface area contributed by atoms with Crippen LogP contribution in [0, 0.1) is 20.8 Å². The first-order chi connectivity index (χ1) is 13.4. The summed E-state index contributed by atoms with van der Waals surface area (Å²) >= 11 is 1.42. The van der Waals surface area contributed by atoms with Crippen LogP contribution in [0.15, 0.2) is 54.2 Å². The molecule has 0 spiro atoms. The minimum absolute atomic E-state index is 0.107. The summed E-state index contributed by atoms with van der Waals surface area (Å²) in [6, 6.07) is 12.5. The predicted molar refractivity (Wildman–Crippen MR) is 114 cm³/mol. The van der Waals surface area contributed by atoms with E-state index in [2.05, 4.69) is 47.3 Å². The van der Waals surface area contributed by atoms with E-state index in [1.54, 1.807) is 6.08 Å². The Bertz CT molecular complexity index is 988. The third-order valence-corrected chi connectivity index (χ3v) is 5.97. The van der Waals surface area contributed by atoms with Crippen LogP contribution < -0.4 is 0 Å². The summed E-state index contributed by atoms with van der Waals surface area (Å²) in [5.74, 6) is 1.26. The quantitative estimate of drug-likeness (QED) is 0.314. The van der Waals surface area contributed by atoms with Crippen LogP contribution >= 0.6 is 11.8 Å². The Morgan fingerprint density at radius 2 is 1.93 bits per heavy atom. The van der Waals surface area contributed by atoms with Gasteiger partial charge in [-0.25, -0.2) is 0 Å². The van der Waals surface area contributed by atoms with Gasteiger partial charge in [-0.15, -0.1) is 16.8 Å². The van der Waals surface area contributed by atoms with Gasteiger partial charge in [0.25, 0.3) is 0 Å². The largest absolute Gasteiger partial charge is 0.341 e. The molecule has 3 aromatic rings. The van der Waals surface area contributed by atoms with Gasteiger partial charge in [0.2, 0.25) is 0 Å². The molecule has 0 amide bonds. The van der Waals surface area contributed by atoms with Gasteiger partial charge >= 0.3 is 0 Å². The van der Waals surface area contributed by atoms with Crippen LogP contribution in [-0.4, -0.2) is 30.9 Å². The second-order valence-corrected chi connectivity index (χ2v) is 7.82. The fourth-order valence-corrected chi connectivity index (χ4v) is 4.43. The van der Waals surface area contributed by atoms with Crippen molar-refractivity contribution in [3.63, 3.8) is 0 Å². The summed E-state index contributed by atoms with van der Waals surface area (Å²) in [6.45, 7) is 12.6. The van der Waals surface area contributed by atoms with Crippen molar-refractivity contribution < 1.29 is 4.79 Å². The number of benzene rings is 1. The first kappa shape index (κ1) is 20.1. The molecule has 0 fully saturated rings. The van der Waals surface area contributed by atoms with Gasteiger partial charge in [-0.05, 0) is 39.3 Å². The van der Waals surface area contributed by atoms with Gasteiger partial charge in [0.05, 0.1) is 11.8 Å². The summed E-state index contributed by atoms with van der Waals surface area (Å²) in [5.41, 5.74) is 4.10. The fourth-order valence-electron chi connectivity index (χ4n) is 3.55. The van der Waals surface area contributed by atoms with Crippen LogP contribution in [0.4, 0.5) is 0 Å². The summed E-state index contributed by atoms with van der Waals surface area (Å²) < 4.78 is 4.20. The highest BCUT2D eigenvalue weighted by molar-refractivity contribution is 7.99. The number of nitrogens with zero attached hydrogens (tertiary/aromatic N) is 4. The lowest BCUT2D eigenvalue weighted by molar-refractivity contribution is 0.102. The molecule has 2 aromatic heterocycles. The topological polar surface area (TPSA) is 52.7 Å². The van der Waals surface area contributed by atoms with Gasteiger partial charge in [-0.2, -0.15) is 0 Å². The Kier molecular flexibility index (Phi) is 6.19. The zero-order valence-corrected chi connectivity index (χ0v) is 17.7. The number of Topliss-reactive ketones (excluding diaryl/α,β-unsaturated/α-hetero) is 1. The number of thioether (sulfide) groups is 1. The third-order valence-electron chi connectivity index (χ3n) is 5.00. The molecule has 1 atom stereocenters. The van der Waals surface area contributed by atoms with E-state index in [4.69, 9.17) is 0 Å². The third kappa shape index (κ3) is 3.97. The molecule has 1 unspecified atom stereocenters. The van der Waals surface area contributed by atoms with Crippen molar-refractivity contribution >= 4 is 17.5 Å². The minimum atomic E-state index is 0.107. The van der Waals surface area contributed by atoms with Gasteiger partial charge in [-0.3, -0.25) is 4.79 Å². The summed E-state index contributed by atoms with van der Waals surface area (Å²) in [7, 11) is 0. The first-order valence-corrected chi connectivity index (χ1v) is 10.3. The normalized spacial score (nSPS) is 12.1. The van der Waals surface area contributed by atoms with Crippen LogP contribution in [0.2, 0.25) is 0 Å². The van der Waals surface area contributed by atoms with Crippen LogP contribution in [0.1, 0.15) is 46.1 Å². The number of aryl methyl sites for hydroxylation is 2. The zero-order valence-electron chi connectivity index (χ0n) is 16.8. The molecule has 0 aliphatic heterocycles. The monoisotopic (exact) mass is 394 g/mol. The molecule has 0 aliphatic rings. The lowest BCUT2D eigenvalue weighted by Crippen LogP contribution is -2.12. The minimum Gasteiger partial charge on any atom is -0.341 e. The first-order valence-electron chi connectivity index (χ1n) is 9.34. The van der Waals surface area contributed by atoms with Gasteiger partial charge in [0, 0.05) is 23.5 Å². The zero-order chi connectivity index (χ0) is 20.3. The molecular weight excluding hydrogens is 368 g/mol. The number of aromatic nitrogens is 4. The SMILES string of the molecule is C=CCn1c(C)nnc1SCC(=O)c1cc(C)n(C(C)c2ccccc2)c1C. The van der Waals surface area contributed by atoms with Crippen LogP contribution in [0.25, 0.3) is 0 Å². The number of hydrogen-bond acceptors (Lipinski definition) is 4. The second kappa shape index (κ2) is 8.61. The average molecular weight is 395 g/mol. The van der Waals surface area contributed by atoms with Crippen molar-refractivity contribution in [3.8, 4) is 0 Å². The van der Waals surface area contributed by atoms with Crippen LogP contribution in [0.3, 0.4) is 0 Å². The Morgan fingerprint density at radius 3 is 2.61 bits per heavy atom. The number of allylic oxidation sites excluding steroid dienone is 1. The number of hydrogen-bond donors (Lipinski definition) is 0. The number of carbonyl (C=O) groups excluding carboxylic acids is 1. The average Bonchev–Trinajstić information content (AvgIpc) is 3.19. The molecule has 0 radical (unpaired) electrons. The molecule has 0 saturated heterocycles. The molecule has 0 N–H and O–H groups in total. The van der Waals surface area contributed by atoms with Gasteiger partial charge in [0.15, 0.2) is 10.9 Å². The Hall–Kier alpha value is -2.60. The highest BCUT2D eigenvalue weighted by Crippen LogP contribution is 2.27. The van der Waals surface area contributed by atoms with Crippen molar-refractivity contribution in [2.75, 3.05) is 5.75 Å². The van der Waals surface area contributed by atoms with E-state index in [1.165, 1.54) is 17.3 Å². The van der Waals surface area contributed by atoms with E-state index in [1.807, 2.05) is 42.7 Å². The Balaban J connectivity index is 1.79.